The SMILES string of the molecule is CCCN(CC#N)C(=O)C1CCN(c2ccc(Cl)cc2)C1=O. The molecule has 1 fully saturated rings. The number of benzene rings is 1. The predicted molar refractivity (Wildman–Crippen MR) is 84.4 cm³/mol. The van der Waals surface area contributed by atoms with Gasteiger partial charge in [0.05, 0.1) is 6.07 Å². The first-order chi connectivity index (χ1) is 10.6. The maximum absolute atomic E-state index is 12.5. The van der Waals surface area contributed by atoms with E-state index in [1.165, 1.54) is 4.90 Å². The lowest BCUT2D eigenvalue weighted by atomic mass is 10.1. The number of rotatable bonds is 5. The molecule has 6 heteroatoms. The molecule has 0 bridgehead atoms. The summed E-state index contributed by atoms with van der Waals surface area (Å²) in [7, 11) is 0. The topological polar surface area (TPSA) is 64.4 Å². The summed E-state index contributed by atoms with van der Waals surface area (Å²) in [4.78, 5) is 28.1. The minimum atomic E-state index is -0.685. The van der Waals surface area contributed by atoms with Gasteiger partial charge in [0.15, 0.2) is 0 Å². The maximum atomic E-state index is 12.5. The molecule has 1 unspecified atom stereocenters. The molecular formula is C16H18ClN3O2. The van der Waals surface area contributed by atoms with Crippen molar-refractivity contribution in [3.8, 4) is 6.07 Å². The van der Waals surface area contributed by atoms with E-state index in [-0.39, 0.29) is 18.4 Å². The number of hydrogen-bond donors (Lipinski definition) is 0. The lowest BCUT2D eigenvalue weighted by Gasteiger charge is -2.22. The van der Waals surface area contributed by atoms with E-state index in [9.17, 15) is 9.59 Å². The first-order valence-electron chi connectivity index (χ1n) is 7.31. The molecule has 1 aliphatic heterocycles. The van der Waals surface area contributed by atoms with E-state index in [0.717, 1.165) is 12.1 Å². The van der Waals surface area contributed by atoms with Crippen molar-refractivity contribution in [2.45, 2.75) is 19.8 Å². The van der Waals surface area contributed by atoms with E-state index >= 15 is 0 Å². The summed E-state index contributed by atoms with van der Waals surface area (Å²) in [5.41, 5.74) is 0.743. The molecule has 0 radical (unpaired) electrons. The van der Waals surface area contributed by atoms with Crippen LogP contribution in [0.4, 0.5) is 5.69 Å². The van der Waals surface area contributed by atoms with Gasteiger partial charge in [-0.2, -0.15) is 5.26 Å². The molecule has 0 aromatic heterocycles. The Morgan fingerprint density at radius 2 is 2.14 bits per heavy atom. The fourth-order valence-electron chi connectivity index (χ4n) is 2.63. The van der Waals surface area contributed by atoms with E-state index in [2.05, 4.69) is 0 Å². The summed E-state index contributed by atoms with van der Waals surface area (Å²) in [6.45, 7) is 2.96. The first-order valence-corrected chi connectivity index (χ1v) is 7.69. The van der Waals surface area contributed by atoms with E-state index in [4.69, 9.17) is 16.9 Å². The van der Waals surface area contributed by atoms with Crippen molar-refractivity contribution in [2.75, 3.05) is 24.5 Å². The molecule has 0 N–H and O–H groups in total. The Kier molecular flexibility index (Phi) is 5.40. The second kappa shape index (κ2) is 7.28. The summed E-state index contributed by atoms with van der Waals surface area (Å²) in [6.07, 6.45) is 1.24. The number of carbonyl (C=O) groups is 2. The zero-order valence-corrected chi connectivity index (χ0v) is 13.2. The van der Waals surface area contributed by atoms with Crippen LogP contribution in [-0.4, -0.2) is 36.3 Å². The van der Waals surface area contributed by atoms with Gasteiger partial charge in [-0.3, -0.25) is 9.59 Å². The van der Waals surface area contributed by atoms with E-state index in [1.807, 2.05) is 13.0 Å². The van der Waals surface area contributed by atoms with Crippen LogP contribution in [0, 0.1) is 17.2 Å². The van der Waals surface area contributed by atoms with Crippen LogP contribution >= 0.6 is 11.6 Å². The molecule has 116 valence electrons. The van der Waals surface area contributed by atoms with Crippen molar-refractivity contribution in [3.05, 3.63) is 29.3 Å². The van der Waals surface area contributed by atoms with Gasteiger partial charge in [-0.15, -0.1) is 0 Å². The molecule has 0 aliphatic carbocycles. The summed E-state index contributed by atoms with van der Waals surface area (Å²) < 4.78 is 0. The number of halogens is 1. The second-order valence-electron chi connectivity index (χ2n) is 5.23. The second-order valence-corrected chi connectivity index (χ2v) is 5.66. The molecule has 1 heterocycles. The summed E-state index contributed by atoms with van der Waals surface area (Å²) in [5, 5.41) is 9.43. The van der Waals surface area contributed by atoms with Gasteiger partial charge in [-0.25, -0.2) is 0 Å². The molecule has 1 aliphatic rings. The summed E-state index contributed by atoms with van der Waals surface area (Å²) in [6, 6.07) is 8.97. The predicted octanol–water partition coefficient (Wildman–Crippen LogP) is 2.46. The lowest BCUT2D eigenvalue weighted by molar-refractivity contribution is -0.139. The smallest absolute Gasteiger partial charge is 0.239 e. The van der Waals surface area contributed by atoms with Gasteiger partial charge < -0.3 is 9.80 Å². The molecule has 5 nitrogen and oxygen atoms in total. The normalized spacial score (nSPS) is 17.4. The highest BCUT2D eigenvalue weighted by molar-refractivity contribution is 6.30. The van der Waals surface area contributed by atoms with Gasteiger partial charge >= 0.3 is 0 Å². The van der Waals surface area contributed by atoms with Crippen molar-refractivity contribution >= 4 is 29.1 Å². The number of anilines is 1. The van der Waals surface area contributed by atoms with E-state index in [1.54, 1.807) is 29.2 Å². The highest BCUT2D eigenvalue weighted by atomic mass is 35.5. The largest absolute Gasteiger partial charge is 0.329 e. The third-order valence-corrected chi connectivity index (χ3v) is 3.96. The average Bonchev–Trinajstić information content (AvgIpc) is 2.89. The zero-order chi connectivity index (χ0) is 16.1. The van der Waals surface area contributed by atoms with Crippen molar-refractivity contribution in [2.24, 2.45) is 5.92 Å². The van der Waals surface area contributed by atoms with Crippen LogP contribution in [0.1, 0.15) is 19.8 Å². The number of amides is 2. The molecular weight excluding hydrogens is 302 g/mol. The van der Waals surface area contributed by atoms with Crippen molar-refractivity contribution < 1.29 is 9.59 Å². The standard InChI is InChI=1S/C16H18ClN3O2/c1-2-9-19(11-8-18)15(21)14-7-10-20(16(14)22)13-5-3-12(17)4-6-13/h3-6,14H,2,7,9-11H2,1H3. The Labute approximate surface area is 135 Å². The van der Waals surface area contributed by atoms with Crippen LogP contribution in [-0.2, 0) is 9.59 Å². The van der Waals surface area contributed by atoms with Crippen LogP contribution in [0.5, 0.6) is 0 Å². The zero-order valence-electron chi connectivity index (χ0n) is 12.5. The van der Waals surface area contributed by atoms with Crippen LogP contribution < -0.4 is 4.90 Å². The van der Waals surface area contributed by atoms with Gasteiger partial charge in [0, 0.05) is 23.8 Å². The Balaban J connectivity index is 2.11. The van der Waals surface area contributed by atoms with Gasteiger partial charge in [0.2, 0.25) is 11.8 Å². The third kappa shape index (κ3) is 3.40. The van der Waals surface area contributed by atoms with Crippen LogP contribution in [0.15, 0.2) is 24.3 Å². The lowest BCUT2D eigenvalue weighted by Crippen LogP contribution is -2.40. The molecule has 1 aromatic rings. The van der Waals surface area contributed by atoms with Crippen molar-refractivity contribution in [1.82, 2.24) is 4.90 Å². The monoisotopic (exact) mass is 319 g/mol. The fourth-order valence-corrected chi connectivity index (χ4v) is 2.76. The Hall–Kier alpha value is -2.06. The van der Waals surface area contributed by atoms with E-state index < -0.39 is 5.92 Å². The van der Waals surface area contributed by atoms with Gasteiger partial charge in [-0.1, -0.05) is 18.5 Å². The Bertz CT molecular complexity index is 594. The highest BCUT2D eigenvalue weighted by Crippen LogP contribution is 2.27. The van der Waals surface area contributed by atoms with E-state index in [0.29, 0.717) is 24.5 Å². The highest BCUT2D eigenvalue weighted by Gasteiger charge is 2.39. The van der Waals surface area contributed by atoms with Crippen LogP contribution in [0.2, 0.25) is 5.02 Å². The summed E-state index contributed by atoms with van der Waals surface area (Å²) >= 11 is 5.85. The average molecular weight is 320 g/mol. The molecule has 0 saturated carbocycles. The Morgan fingerprint density at radius 3 is 2.73 bits per heavy atom. The van der Waals surface area contributed by atoms with Gasteiger partial charge in [0.1, 0.15) is 12.5 Å². The fraction of sp³-hybridized carbons (Fsp3) is 0.438. The molecule has 1 atom stereocenters. The number of hydrogen-bond acceptors (Lipinski definition) is 3. The molecule has 1 aromatic carbocycles. The molecule has 2 rings (SSSR count). The van der Waals surface area contributed by atoms with Crippen molar-refractivity contribution in [1.29, 1.82) is 5.26 Å². The molecule has 0 spiro atoms. The maximum Gasteiger partial charge on any atom is 0.239 e. The molecule has 1 saturated heterocycles. The Morgan fingerprint density at radius 1 is 1.45 bits per heavy atom. The molecule has 22 heavy (non-hydrogen) atoms. The number of carbonyl (C=O) groups excluding carboxylic acids is 2. The number of nitrogens with zero attached hydrogens (tertiary/aromatic N) is 3. The minimum Gasteiger partial charge on any atom is -0.329 e. The van der Waals surface area contributed by atoms with Crippen LogP contribution in [0.3, 0.4) is 0 Å². The van der Waals surface area contributed by atoms with Gasteiger partial charge in [0.25, 0.3) is 0 Å². The first kappa shape index (κ1) is 16.3. The van der Waals surface area contributed by atoms with Crippen molar-refractivity contribution in [3.63, 3.8) is 0 Å². The van der Waals surface area contributed by atoms with Gasteiger partial charge in [-0.05, 0) is 37.1 Å². The van der Waals surface area contributed by atoms with Crippen LogP contribution in [0.25, 0.3) is 0 Å². The summed E-state index contributed by atoms with van der Waals surface area (Å²) in [5.74, 6) is -1.13. The third-order valence-electron chi connectivity index (χ3n) is 3.71. The quantitative estimate of drug-likeness (QED) is 0.618. The molecule has 2 amide bonds. The minimum absolute atomic E-state index is 0.0252. The number of nitriles is 1.